The molecule has 0 aromatic rings. The van der Waals surface area contributed by atoms with Crippen molar-refractivity contribution < 1.29 is 41.4 Å². The molecule has 2 N–H and O–H groups in total. The van der Waals surface area contributed by atoms with Gasteiger partial charge in [0.05, 0.1) is 53.0 Å². The summed E-state index contributed by atoms with van der Waals surface area (Å²) in [7, 11) is -4.10. The van der Waals surface area contributed by atoms with Crippen LogP contribution in [0.15, 0.2) is 12.2 Å². The van der Waals surface area contributed by atoms with E-state index in [1.54, 1.807) is 6.08 Å². The molecule has 0 radical (unpaired) electrons. The molecule has 0 aliphatic heterocycles. The van der Waals surface area contributed by atoms with Crippen molar-refractivity contribution in [2.24, 2.45) is 10.8 Å². The molecule has 0 aromatic heterocycles. The molecule has 0 saturated heterocycles. The molecule has 0 amide bonds. The quantitative estimate of drug-likeness (QED) is 0.0841. The van der Waals surface area contributed by atoms with Gasteiger partial charge in [-0.15, -0.1) is 0 Å². The SMILES string of the molecule is CC1(CCOCCOCCOCCOCCNCOCC=O)C=CC(S(=O)(=O)O)C(C)(C)C1. The maximum absolute atomic E-state index is 11.6. The number of rotatable bonds is 20. The molecule has 2 unspecified atom stereocenters. The maximum Gasteiger partial charge on any atom is 0.271 e. The van der Waals surface area contributed by atoms with Crippen LogP contribution in [0.3, 0.4) is 0 Å². The average molecular weight is 496 g/mol. The van der Waals surface area contributed by atoms with Crippen LogP contribution >= 0.6 is 0 Å². The zero-order valence-corrected chi connectivity index (χ0v) is 20.9. The molecule has 0 aromatic carbocycles. The zero-order chi connectivity index (χ0) is 24.6. The van der Waals surface area contributed by atoms with Crippen molar-refractivity contribution in [2.45, 2.75) is 38.9 Å². The summed E-state index contributed by atoms with van der Waals surface area (Å²) in [6.45, 7) is 10.8. The Hall–Kier alpha value is -0.920. The van der Waals surface area contributed by atoms with Crippen molar-refractivity contribution in [1.82, 2.24) is 5.32 Å². The third-order valence-electron chi connectivity index (χ3n) is 5.37. The second-order valence-corrected chi connectivity index (χ2v) is 10.5. The molecule has 194 valence electrons. The molecule has 0 fully saturated rings. The summed E-state index contributed by atoms with van der Waals surface area (Å²) in [5.74, 6) is 0. The van der Waals surface area contributed by atoms with Gasteiger partial charge in [-0.25, -0.2) is 0 Å². The lowest BCUT2D eigenvalue weighted by Crippen LogP contribution is -2.42. The summed E-state index contributed by atoms with van der Waals surface area (Å²) in [4.78, 5) is 10.1. The Balaban J connectivity index is 1.96. The number of carbonyl (C=O) groups excluding carboxylic acids is 1. The lowest BCUT2D eigenvalue weighted by molar-refractivity contribution is -0.112. The number of hydrogen-bond acceptors (Lipinski definition) is 9. The van der Waals surface area contributed by atoms with Gasteiger partial charge in [-0.1, -0.05) is 32.9 Å². The Kier molecular flexibility index (Phi) is 14.5. The van der Waals surface area contributed by atoms with E-state index < -0.39 is 20.8 Å². The summed E-state index contributed by atoms with van der Waals surface area (Å²) < 4.78 is 59.5. The largest absolute Gasteiger partial charge is 0.379 e. The highest BCUT2D eigenvalue weighted by Gasteiger charge is 2.44. The van der Waals surface area contributed by atoms with E-state index in [0.717, 1.165) is 6.42 Å². The van der Waals surface area contributed by atoms with Crippen molar-refractivity contribution in [3.63, 3.8) is 0 Å². The van der Waals surface area contributed by atoms with Gasteiger partial charge in [-0.3, -0.25) is 9.87 Å². The van der Waals surface area contributed by atoms with Crippen molar-refractivity contribution in [2.75, 3.05) is 72.7 Å². The van der Waals surface area contributed by atoms with Crippen LogP contribution in [-0.2, 0) is 38.6 Å². The number of aldehydes is 1. The summed E-state index contributed by atoms with van der Waals surface area (Å²) in [5.41, 5.74) is -0.726. The first-order valence-corrected chi connectivity index (χ1v) is 12.8. The second-order valence-electron chi connectivity index (χ2n) is 9.00. The van der Waals surface area contributed by atoms with Crippen molar-refractivity contribution in [3.8, 4) is 0 Å². The lowest BCUT2D eigenvalue weighted by Gasteiger charge is -2.42. The predicted molar refractivity (Wildman–Crippen MR) is 124 cm³/mol. The van der Waals surface area contributed by atoms with Gasteiger partial charge in [0.1, 0.15) is 18.1 Å². The topological polar surface area (TPSA) is 130 Å². The standard InChI is InChI=1S/C22H41NO9S/c1-21(2)18-22(3,5-4-20(21)33(25,26)27)6-9-28-12-14-30-16-17-31-15-13-29-10-7-23-19-32-11-8-24/h4-5,8,20,23H,6-7,9-19H2,1-3H3,(H,25,26,27). The van der Waals surface area contributed by atoms with Crippen LogP contribution in [0.1, 0.15) is 33.6 Å². The van der Waals surface area contributed by atoms with Crippen LogP contribution in [0.5, 0.6) is 0 Å². The number of nitrogens with one attached hydrogen (secondary N) is 1. The Bertz CT molecular complexity index is 669. The molecule has 1 aliphatic carbocycles. The van der Waals surface area contributed by atoms with Crippen LogP contribution in [0.4, 0.5) is 0 Å². The monoisotopic (exact) mass is 495 g/mol. The van der Waals surface area contributed by atoms with E-state index in [0.29, 0.717) is 78.8 Å². The van der Waals surface area contributed by atoms with Crippen molar-refractivity contribution in [1.29, 1.82) is 0 Å². The Morgan fingerprint density at radius 3 is 2.00 bits per heavy atom. The van der Waals surface area contributed by atoms with Crippen LogP contribution in [0.25, 0.3) is 0 Å². The summed E-state index contributed by atoms with van der Waals surface area (Å²) in [5, 5.41) is 2.10. The van der Waals surface area contributed by atoms with Gasteiger partial charge in [0, 0.05) is 13.2 Å². The zero-order valence-electron chi connectivity index (χ0n) is 20.1. The molecule has 1 aliphatic rings. The van der Waals surface area contributed by atoms with Gasteiger partial charge >= 0.3 is 0 Å². The normalized spacial score (nSPS) is 22.5. The van der Waals surface area contributed by atoms with Gasteiger partial charge in [0.2, 0.25) is 0 Å². The minimum atomic E-state index is -4.10. The minimum absolute atomic E-state index is 0.0910. The molecular weight excluding hydrogens is 454 g/mol. The fourth-order valence-electron chi connectivity index (χ4n) is 3.92. The molecule has 0 heterocycles. The van der Waals surface area contributed by atoms with Gasteiger partial charge in [-0.05, 0) is 23.7 Å². The summed E-state index contributed by atoms with van der Waals surface area (Å²) in [6, 6.07) is 0. The molecule has 0 saturated carbocycles. The second kappa shape index (κ2) is 15.9. The third-order valence-corrected chi connectivity index (χ3v) is 6.81. The Morgan fingerprint density at radius 1 is 0.939 bits per heavy atom. The van der Waals surface area contributed by atoms with Crippen molar-refractivity contribution in [3.05, 3.63) is 12.2 Å². The van der Waals surface area contributed by atoms with E-state index in [1.807, 2.05) is 19.9 Å². The van der Waals surface area contributed by atoms with Gasteiger partial charge < -0.3 is 28.5 Å². The number of carbonyl (C=O) groups is 1. The van der Waals surface area contributed by atoms with E-state index in [4.69, 9.17) is 23.7 Å². The summed E-state index contributed by atoms with van der Waals surface area (Å²) >= 11 is 0. The van der Waals surface area contributed by atoms with E-state index >= 15 is 0 Å². The first kappa shape index (κ1) is 30.1. The highest BCUT2D eigenvalue weighted by Crippen LogP contribution is 2.46. The third kappa shape index (κ3) is 13.5. The average Bonchev–Trinajstić information content (AvgIpc) is 2.71. The van der Waals surface area contributed by atoms with Gasteiger partial charge in [0.25, 0.3) is 10.1 Å². The highest BCUT2D eigenvalue weighted by atomic mass is 32.2. The summed E-state index contributed by atoms with van der Waals surface area (Å²) in [6.07, 6.45) is 5.61. The number of ether oxygens (including phenoxy) is 5. The van der Waals surface area contributed by atoms with E-state index in [1.165, 1.54) is 0 Å². The first-order valence-electron chi connectivity index (χ1n) is 11.3. The number of allylic oxidation sites excluding steroid dienone is 1. The molecule has 0 bridgehead atoms. The fourth-order valence-corrected chi connectivity index (χ4v) is 5.08. The smallest absolute Gasteiger partial charge is 0.271 e. The minimum Gasteiger partial charge on any atom is -0.379 e. The first-order chi connectivity index (χ1) is 15.6. The van der Waals surface area contributed by atoms with E-state index in [-0.39, 0.29) is 12.0 Å². The molecule has 0 spiro atoms. The van der Waals surface area contributed by atoms with Crippen LogP contribution in [-0.4, -0.2) is 97.2 Å². The molecule has 2 atom stereocenters. The van der Waals surface area contributed by atoms with Gasteiger partial charge in [0.15, 0.2) is 0 Å². The Morgan fingerprint density at radius 2 is 1.48 bits per heavy atom. The van der Waals surface area contributed by atoms with Crippen LogP contribution in [0.2, 0.25) is 0 Å². The molecular formula is C22H41NO9S. The molecule has 10 nitrogen and oxygen atoms in total. The highest BCUT2D eigenvalue weighted by molar-refractivity contribution is 7.86. The fraction of sp³-hybridized carbons (Fsp3) is 0.864. The predicted octanol–water partition coefficient (Wildman–Crippen LogP) is 1.45. The molecule has 11 heteroatoms. The molecule has 33 heavy (non-hydrogen) atoms. The lowest BCUT2D eigenvalue weighted by atomic mass is 9.67. The van der Waals surface area contributed by atoms with Crippen molar-refractivity contribution >= 4 is 16.4 Å². The van der Waals surface area contributed by atoms with Gasteiger partial charge in [-0.2, -0.15) is 8.42 Å². The van der Waals surface area contributed by atoms with Crippen LogP contribution in [0, 0.1) is 10.8 Å². The molecule has 1 rings (SSSR count). The van der Waals surface area contributed by atoms with E-state index in [9.17, 15) is 17.8 Å². The van der Waals surface area contributed by atoms with Crippen LogP contribution < -0.4 is 5.32 Å². The number of hydrogen-bond donors (Lipinski definition) is 2. The van der Waals surface area contributed by atoms with E-state index in [2.05, 4.69) is 12.2 Å². The Labute approximate surface area is 198 Å². The maximum atomic E-state index is 11.6.